The molecule has 0 atom stereocenters. The third kappa shape index (κ3) is 1.95. The van der Waals surface area contributed by atoms with Crippen molar-refractivity contribution in [2.75, 3.05) is 11.6 Å². The number of pyridine rings is 1. The molecule has 20 heavy (non-hydrogen) atoms. The number of aromatic nitrogens is 1. The molecule has 2 N–H and O–H groups in total. The highest BCUT2D eigenvalue weighted by atomic mass is 32.1. The smallest absolute Gasteiger partial charge is 0.162 e. The minimum atomic E-state index is 0.673. The molecule has 0 radical (unpaired) electrons. The lowest BCUT2D eigenvalue weighted by atomic mass is 10.1. The van der Waals surface area contributed by atoms with Gasteiger partial charge in [-0.2, -0.15) is 0 Å². The number of fused-ring (bicyclic) bond motifs is 3. The molecule has 3 aromatic rings. The molecule has 1 aromatic carbocycles. The zero-order valence-corrected chi connectivity index (χ0v) is 12.0. The molecule has 3 rings (SSSR count). The lowest BCUT2D eigenvalue weighted by molar-refractivity contribution is 0.112. The van der Waals surface area contributed by atoms with Crippen molar-refractivity contribution < 1.29 is 4.79 Å². The Bertz CT molecular complexity index is 781. The van der Waals surface area contributed by atoms with Gasteiger partial charge in [-0.25, -0.2) is 5.84 Å². The molecule has 102 valence electrons. The second-order valence-electron chi connectivity index (χ2n) is 4.63. The molecule has 0 aliphatic rings. The van der Waals surface area contributed by atoms with E-state index in [0.717, 1.165) is 39.4 Å². The van der Waals surface area contributed by atoms with Gasteiger partial charge in [0.2, 0.25) is 0 Å². The van der Waals surface area contributed by atoms with Crippen LogP contribution in [0.15, 0.2) is 30.5 Å². The molecule has 0 saturated heterocycles. The molecule has 2 heterocycles. The summed E-state index contributed by atoms with van der Waals surface area (Å²) in [5.41, 5.74) is 1.74. The highest BCUT2D eigenvalue weighted by molar-refractivity contribution is 7.21. The largest absolute Gasteiger partial charge is 0.309 e. The van der Waals surface area contributed by atoms with E-state index in [0.29, 0.717) is 11.4 Å². The minimum Gasteiger partial charge on any atom is -0.309 e. The van der Waals surface area contributed by atoms with Gasteiger partial charge in [0.25, 0.3) is 0 Å². The number of benzene rings is 1. The Balaban J connectivity index is 2.39. The first kappa shape index (κ1) is 13.0. The topological polar surface area (TPSA) is 59.2 Å². The normalized spacial score (nSPS) is 11.1. The van der Waals surface area contributed by atoms with Crippen LogP contribution >= 0.6 is 11.3 Å². The summed E-state index contributed by atoms with van der Waals surface area (Å²) in [6.07, 6.45) is 3.58. The van der Waals surface area contributed by atoms with Gasteiger partial charge in [0, 0.05) is 28.2 Å². The van der Waals surface area contributed by atoms with Gasteiger partial charge in [0.15, 0.2) is 6.29 Å². The predicted octanol–water partition coefficient (Wildman–Crippen LogP) is 3.35. The Morgan fingerprint density at radius 1 is 1.40 bits per heavy atom. The van der Waals surface area contributed by atoms with Crippen LogP contribution in [0.25, 0.3) is 21.0 Å². The summed E-state index contributed by atoms with van der Waals surface area (Å²) in [7, 11) is 0. The van der Waals surface area contributed by atoms with Crippen molar-refractivity contribution in [3.8, 4) is 0 Å². The van der Waals surface area contributed by atoms with E-state index >= 15 is 0 Å². The van der Waals surface area contributed by atoms with E-state index in [1.165, 1.54) is 11.3 Å². The molecule has 0 amide bonds. The number of hydrazine groups is 1. The van der Waals surface area contributed by atoms with Crippen LogP contribution in [-0.2, 0) is 0 Å². The number of aldehydes is 1. The van der Waals surface area contributed by atoms with E-state index in [4.69, 9.17) is 5.84 Å². The molecular weight excluding hydrogens is 270 g/mol. The maximum absolute atomic E-state index is 11.4. The first-order valence-corrected chi connectivity index (χ1v) is 7.35. The molecule has 2 aromatic heterocycles. The fourth-order valence-electron chi connectivity index (χ4n) is 2.47. The van der Waals surface area contributed by atoms with Gasteiger partial charge < -0.3 is 5.01 Å². The summed E-state index contributed by atoms with van der Waals surface area (Å²) in [6.45, 7) is 2.78. The minimum absolute atomic E-state index is 0.673. The van der Waals surface area contributed by atoms with Crippen molar-refractivity contribution in [1.82, 2.24) is 4.98 Å². The van der Waals surface area contributed by atoms with Gasteiger partial charge >= 0.3 is 0 Å². The van der Waals surface area contributed by atoms with Crippen LogP contribution in [0.2, 0.25) is 0 Å². The maximum atomic E-state index is 11.4. The highest BCUT2D eigenvalue weighted by Crippen LogP contribution is 2.40. The Morgan fingerprint density at radius 3 is 3.00 bits per heavy atom. The molecule has 0 aliphatic heterocycles. The molecule has 0 bridgehead atoms. The van der Waals surface area contributed by atoms with Crippen LogP contribution in [-0.4, -0.2) is 17.8 Å². The quantitative estimate of drug-likeness (QED) is 0.453. The average Bonchev–Trinajstić information content (AvgIpc) is 2.86. The molecular formula is C15H15N3OS. The van der Waals surface area contributed by atoms with Crippen LogP contribution in [0.4, 0.5) is 5.69 Å². The third-order valence-corrected chi connectivity index (χ3v) is 4.37. The van der Waals surface area contributed by atoms with Crippen molar-refractivity contribution >= 4 is 44.3 Å². The number of carbonyl (C=O) groups is 1. The molecule has 5 heteroatoms. The standard InChI is InChI=1S/C15H15N3OS/c1-2-8-18(16)15-13(9-19)20-12-6-5-11-10(14(12)15)4-3-7-17-11/h3-7,9H,2,8,16H2,1H3. The van der Waals surface area contributed by atoms with Gasteiger partial charge in [-0.05, 0) is 24.6 Å². The van der Waals surface area contributed by atoms with Crippen molar-refractivity contribution in [3.63, 3.8) is 0 Å². The molecule has 0 saturated carbocycles. The number of thiophene rings is 1. The molecule has 0 fully saturated rings. The van der Waals surface area contributed by atoms with Crippen LogP contribution in [0, 0.1) is 0 Å². The van der Waals surface area contributed by atoms with Crippen LogP contribution in [0.1, 0.15) is 23.0 Å². The van der Waals surface area contributed by atoms with E-state index in [9.17, 15) is 4.79 Å². The average molecular weight is 285 g/mol. The fraction of sp³-hybridized carbons (Fsp3) is 0.200. The zero-order chi connectivity index (χ0) is 14.1. The summed E-state index contributed by atoms with van der Waals surface area (Å²) < 4.78 is 1.06. The van der Waals surface area contributed by atoms with E-state index < -0.39 is 0 Å². The summed E-state index contributed by atoms with van der Waals surface area (Å²) in [4.78, 5) is 16.4. The number of carbonyl (C=O) groups excluding carboxylic acids is 1. The van der Waals surface area contributed by atoms with E-state index in [-0.39, 0.29) is 0 Å². The lowest BCUT2D eigenvalue weighted by Gasteiger charge is -2.18. The van der Waals surface area contributed by atoms with Gasteiger partial charge in [0.05, 0.1) is 16.1 Å². The van der Waals surface area contributed by atoms with Crippen LogP contribution in [0.3, 0.4) is 0 Å². The predicted molar refractivity (Wildman–Crippen MR) is 84.3 cm³/mol. The van der Waals surface area contributed by atoms with E-state index in [1.807, 2.05) is 24.3 Å². The lowest BCUT2D eigenvalue weighted by Crippen LogP contribution is -2.31. The summed E-state index contributed by atoms with van der Waals surface area (Å²) in [6, 6.07) is 7.92. The molecule has 4 nitrogen and oxygen atoms in total. The first-order chi connectivity index (χ1) is 9.76. The number of anilines is 1. The van der Waals surface area contributed by atoms with Crippen molar-refractivity contribution in [3.05, 3.63) is 35.3 Å². The molecule has 0 spiro atoms. The highest BCUT2D eigenvalue weighted by Gasteiger charge is 2.18. The summed E-state index contributed by atoms with van der Waals surface area (Å²) in [5.74, 6) is 6.14. The van der Waals surface area contributed by atoms with Crippen LogP contribution in [0.5, 0.6) is 0 Å². The fourth-order valence-corrected chi connectivity index (χ4v) is 3.52. The van der Waals surface area contributed by atoms with Gasteiger partial charge in [-0.3, -0.25) is 9.78 Å². The SMILES string of the molecule is CCCN(N)c1c(C=O)sc2ccc3ncccc3c12. The van der Waals surface area contributed by atoms with Crippen LogP contribution < -0.4 is 10.9 Å². The van der Waals surface area contributed by atoms with Gasteiger partial charge in [0.1, 0.15) is 0 Å². The molecule has 0 unspecified atom stereocenters. The Morgan fingerprint density at radius 2 is 2.25 bits per heavy atom. The second-order valence-corrected chi connectivity index (χ2v) is 5.72. The van der Waals surface area contributed by atoms with Crippen molar-refractivity contribution in [1.29, 1.82) is 0 Å². The number of nitrogens with two attached hydrogens (primary N) is 1. The van der Waals surface area contributed by atoms with Crippen molar-refractivity contribution in [2.24, 2.45) is 5.84 Å². The Kier molecular flexibility index (Phi) is 3.38. The Hall–Kier alpha value is -1.98. The van der Waals surface area contributed by atoms with E-state index in [2.05, 4.69) is 11.9 Å². The number of nitrogens with zero attached hydrogens (tertiary/aromatic N) is 2. The monoisotopic (exact) mass is 285 g/mol. The second kappa shape index (κ2) is 5.19. The van der Waals surface area contributed by atoms with E-state index in [1.54, 1.807) is 11.2 Å². The number of hydrogen-bond donors (Lipinski definition) is 1. The summed E-state index contributed by atoms with van der Waals surface area (Å²) >= 11 is 1.48. The van der Waals surface area contributed by atoms with Gasteiger partial charge in [-0.1, -0.05) is 13.0 Å². The molecule has 0 aliphatic carbocycles. The van der Waals surface area contributed by atoms with Gasteiger partial charge in [-0.15, -0.1) is 11.3 Å². The first-order valence-electron chi connectivity index (χ1n) is 6.54. The third-order valence-electron chi connectivity index (χ3n) is 3.30. The Labute approximate surface area is 120 Å². The summed E-state index contributed by atoms with van der Waals surface area (Å²) in [5, 5.41) is 3.74. The number of hydrogen-bond acceptors (Lipinski definition) is 5. The number of rotatable bonds is 4. The maximum Gasteiger partial charge on any atom is 0.162 e. The van der Waals surface area contributed by atoms with Crippen molar-refractivity contribution in [2.45, 2.75) is 13.3 Å². The zero-order valence-electron chi connectivity index (χ0n) is 11.2.